The Morgan fingerprint density at radius 3 is 2.30 bits per heavy atom. The third kappa shape index (κ3) is 5.08. The van der Waals surface area contributed by atoms with Gasteiger partial charge in [0.25, 0.3) is 10.0 Å². The third-order valence-electron chi connectivity index (χ3n) is 5.24. The number of amides is 1. The van der Waals surface area contributed by atoms with E-state index in [1.807, 2.05) is 0 Å². The molecule has 0 N–H and O–H groups in total. The number of ether oxygens (including phenoxy) is 1. The highest BCUT2D eigenvalue weighted by Gasteiger charge is 2.31. The van der Waals surface area contributed by atoms with Crippen LogP contribution in [-0.2, 0) is 32.4 Å². The van der Waals surface area contributed by atoms with Crippen molar-refractivity contribution in [1.82, 2.24) is 9.21 Å². The Balaban J connectivity index is 1.53. The summed E-state index contributed by atoms with van der Waals surface area (Å²) >= 11 is 0.998. The molecule has 9 heteroatoms. The van der Waals surface area contributed by atoms with E-state index in [-0.39, 0.29) is 28.8 Å². The quantitative estimate of drug-likeness (QED) is 0.606. The topological polar surface area (TPSA) is 84.0 Å². The predicted molar refractivity (Wildman–Crippen MR) is 115 cm³/mol. The van der Waals surface area contributed by atoms with Crippen molar-refractivity contribution >= 4 is 33.2 Å². The first-order valence-corrected chi connectivity index (χ1v) is 12.2. The van der Waals surface area contributed by atoms with E-state index >= 15 is 0 Å². The largest absolute Gasteiger partial charge is 0.465 e. The molecule has 7 nitrogen and oxygen atoms in total. The lowest BCUT2D eigenvalue weighted by molar-refractivity contribution is -0.132. The molecule has 162 valence electrons. The van der Waals surface area contributed by atoms with Gasteiger partial charge in [0.05, 0.1) is 12.7 Å². The minimum Gasteiger partial charge on any atom is -0.465 e. The molecule has 2 heterocycles. The number of esters is 1. The molecule has 1 fully saturated rings. The van der Waals surface area contributed by atoms with Crippen LogP contribution < -0.4 is 0 Å². The number of piperazine rings is 1. The lowest BCUT2D eigenvalue weighted by Gasteiger charge is -2.33. The van der Waals surface area contributed by atoms with Crippen molar-refractivity contribution in [3.8, 4) is 0 Å². The lowest BCUT2D eigenvalue weighted by Crippen LogP contribution is -2.50. The van der Waals surface area contributed by atoms with Gasteiger partial charge in [-0.25, -0.2) is 13.2 Å². The van der Waals surface area contributed by atoms with Crippen molar-refractivity contribution in [1.29, 1.82) is 0 Å². The van der Waals surface area contributed by atoms with Gasteiger partial charge in [-0.3, -0.25) is 4.79 Å². The average molecular weight is 451 g/mol. The number of carbonyl (C=O) groups excluding carboxylic acids is 2. The number of nitrogens with zero attached hydrogens (tertiary/aromatic N) is 2. The summed E-state index contributed by atoms with van der Waals surface area (Å²) in [5, 5.41) is 1.48. The molecule has 0 saturated carbocycles. The van der Waals surface area contributed by atoms with Gasteiger partial charge in [-0.1, -0.05) is 31.2 Å². The Kier molecular flexibility index (Phi) is 7.27. The Morgan fingerprint density at radius 2 is 1.70 bits per heavy atom. The minimum atomic E-state index is -3.69. The maximum Gasteiger partial charge on any atom is 0.338 e. The number of carbonyl (C=O) groups is 2. The van der Waals surface area contributed by atoms with Crippen LogP contribution in [0, 0.1) is 0 Å². The minimum absolute atomic E-state index is 0.0377. The molecule has 2 aromatic rings. The summed E-state index contributed by atoms with van der Waals surface area (Å²) in [6.45, 7) is 3.31. The van der Waals surface area contributed by atoms with Crippen molar-refractivity contribution in [2.75, 3.05) is 33.3 Å². The number of rotatable bonds is 7. The van der Waals surface area contributed by atoms with E-state index in [0.29, 0.717) is 25.9 Å². The maximum absolute atomic E-state index is 12.8. The van der Waals surface area contributed by atoms with E-state index in [2.05, 4.69) is 35.9 Å². The van der Waals surface area contributed by atoms with E-state index in [4.69, 9.17) is 0 Å². The summed E-state index contributed by atoms with van der Waals surface area (Å²) < 4.78 is 31.8. The fourth-order valence-corrected chi connectivity index (χ4v) is 6.06. The summed E-state index contributed by atoms with van der Waals surface area (Å²) in [5.74, 6) is -0.525. The molecule has 30 heavy (non-hydrogen) atoms. The molecule has 1 aliphatic heterocycles. The highest BCUT2D eigenvalue weighted by molar-refractivity contribution is 7.91. The summed E-state index contributed by atoms with van der Waals surface area (Å²) in [7, 11) is -2.43. The van der Waals surface area contributed by atoms with E-state index < -0.39 is 16.0 Å². The van der Waals surface area contributed by atoms with Gasteiger partial charge in [-0.05, 0) is 30.0 Å². The summed E-state index contributed by atoms with van der Waals surface area (Å²) in [6, 6.07) is 9.62. The SMILES string of the molecule is CCc1ccc(CCC(=O)N2CCN(S(=O)(=O)c3cc(C(=O)OC)cs3)CC2)cc1. The normalized spacial score (nSPS) is 15.2. The van der Waals surface area contributed by atoms with Crippen molar-refractivity contribution in [2.24, 2.45) is 0 Å². The first kappa shape index (κ1) is 22.5. The van der Waals surface area contributed by atoms with Gasteiger partial charge < -0.3 is 9.64 Å². The lowest BCUT2D eigenvalue weighted by atomic mass is 10.1. The van der Waals surface area contributed by atoms with Crippen LogP contribution in [0.25, 0.3) is 0 Å². The zero-order chi connectivity index (χ0) is 21.7. The molecule has 1 aromatic heterocycles. The van der Waals surface area contributed by atoms with Crippen LogP contribution in [0.15, 0.2) is 39.9 Å². The zero-order valence-electron chi connectivity index (χ0n) is 17.2. The van der Waals surface area contributed by atoms with Crippen LogP contribution in [0.2, 0.25) is 0 Å². The highest BCUT2D eigenvalue weighted by Crippen LogP contribution is 2.25. The maximum atomic E-state index is 12.8. The van der Waals surface area contributed by atoms with Crippen molar-refractivity contribution in [3.63, 3.8) is 0 Å². The summed E-state index contributed by atoms with van der Waals surface area (Å²) in [6.07, 6.45) is 2.07. The number of sulfonamides is 1. The number of methoxy groups -OCH3 is 1. The summed E-state index contributed by atoms with van der Waals surface area (Å²) in [5.41, 5.74) is 2.62. The Hall–Kier alpha value is -2.23. The molecule has 0 unspecified atom stereocenters. The van der Waals surface area contributed by atoms with Crippen molar-refractivity contribution in [3.05, 3.63) is 52.4 Å². The average Bonchev–Trinajstić information content (AvgIpc) is 3.28. The van der Waals surface area contributed by atoms with Gasteiger partial charge in [0.1, 0.15) is 4.21 Å². The van der Waals surface area contributed by atoms with Gasteiger partial charge in [-0.2, -0.15) is 4.31 Å². The molecule has 3 rings (SSSR count). The van der Waals surface area contributed by atoms with Crippen molar-refractivity contribution < 1.29 is 22.7 Å². The zero-order valence-corrected chi connectivity index (χ0v) is 18.8. The van der Waals surface area contributed by atoms with Crippen LogP contribution in [0.4, 0.5) is 0 Å². The number of thiophene rings is 1. The number of hydrogen-bond donors (Lipinski definition) is 0. The predicted octanol–water partition coefficient (Wildman–Crippen LogP) is 2.56. The van der Waals surface area contributed by atoms with Crippen LogP contribution in [0.1, 0.15) is 34.8 Å². The monoisotopic (exact) mass is 450 g/mol. The Morgan fingerprint density at radius 1 is 1.07 bits per heavy atom. The van der Waals surface area contributed by atoms with E-state index in [0.717, 1.165) is 23.3 Å². The molecule has 0 aliphatic carbocycles. The molecular weight excluding hydrogens is 424 g/mol. The number of aryl methyl sites for hydroxylation is 2. The number of hydrogen-bond acceptors (Lipinski definition) is 6. The van der Waals surface area contributed by atoms with E-state index in [9.17, 15) is 18.0 Å². The Bertz CT molecular complexity index is 991. The second-order valence-corrected chi connectivity index (χ2v) is 10.2. The third-order valence-corrected chi connectivity index (χ3v) is 8.55. The second kappa shape index (κ2) is 9.72. The van der Waals surface area contributed by atoms with Gasteiger partial charge in [0, 0.05) is 38.0 Å². The fourth-order valence-electron chi connectivity index (χ4n) is 3.33. The van der Waals surface area contributed by atoms with E-state index in [1.165, 1.54) is 28.4 Å². The van der Waals surface area contributed by atoms with Gasteiger partial charge >= 0.3 is 5.97 Å². The van der Waals surface area contributed by atoms with Crippen LogP contribution in [0.5, 0.6) is 0 Å². The van der Waals surface area contributed by atoms with Gasteiger partial charge in [0.2, 0.25) is 5.91 Å². The fraction of sp³-hybridized carbons (Fsp3) is 0.429. The standard InChI is InChI=1S/C21H26N2O5S2/c1-3-16-4-6-17(7-5-16)8-9-19(24)22-10-12-23(13-11-22)30(26,27)20-14-18(15-29-20)21(25)28-2/h4-7,14-15H,3,8-13H2,1-2H3. The molecule has 0 bridgehead atoms. The van der Waals surface area contributed by atoms with Crippen LogP contribution >= 0.6 is 11.3 Å². The first-order valence-electron chi connectivity index (χ1n) is 9.87. The molecule has 0 spiro atoms. The molecule has 1 aliphatic rings. The molecule has 1 aromatic carbocycles. The molecule has 0 atom stereocenters. The van der Waals surface area contributed by atoms with E-state index in [1.54, 1.807) is 4.90 Å². The molecule has 1 amide bonds. The smallest absolute Gasteiger partial charge is 0.338 e. The number of benzene rings is 1. The first-order chi connectivity index (χ1) is 14.3. The second-order valence-electron chi connectivity index (χ2n) is 7.10. The van der Waals surface area contributed by atoms with Crippen LogP contribution in [-0.4, -0.2) is 62.8 Å². The molecular formula is C21H26N2O5S2. The molecule has 0 radical (unpaired) electrons. The van der Waals surface area contributed by atoms with Gasteiger partial charge in [-0.15, -0.1) is 11.3 Å². The van der Waals surface area contributed by atoms with Crippen LogP contribution in [0.3, 0.4) is 0 Å². The Labute approximate surface area is 181 Å². The highest BCUT2D eigenvalue weighted by atomic mass is 32.2. The summed E-state index contributed by atoms with van der Waals surface area (Å²) in [4.78, 5) is 25.8. The molecule has 1 saturated heterocycles. The van der Waals surface area contributed by atoms with Gasteiger partial charge in [0.15, 0.2) is 0 Å². The van der Waals surface area contributed by atoms with Crippen molar-refractivity contribution in [2.45, 2.75) is 30.4 Å².